The van der Waals surface area contributed by atoms with Crippen LogP contribution in [-0.2, 0) is 4.74 Å². The van der Waals surface area contributed by atoms with Crippen LogP contribution in [0.1, 0.15) is 26.2 Å². The third-order valence-electron chi connectivity index (χ3n) is 2.90. The lowest BCUT2D eigenvalue weighted by Crippen LogP contribution is -2.32. The van der Waals surface area contributed by atoms with Crippen LogP contribution in [0.5, 0.6) is 0 Å². The summed E-state index contributed by atoms with van der Waals surface area (Å²) in [6.45, 7) is 5.09. The highest BCUT2D eigenvalue weighted by atomic mass is 79.9. The standard InChI is InChI=1S/C16H26BrN3OS/c1-2-21-12-7-11-20-16(18)19-10-5-6-13-22-15-9-4-3-8-14(15)17/h3-4,8-9H,2,5-7,10-13H2,1H3,(H3,18,19,20). The molecular weight excluding hydrogens is 362 g/mol. The SMILES string of the molecule is CCOCCCN=C(N)NCCCCSc1ccccc1Br. The van der Waals surface area contributed by atoms with Crippen molar-refractivity contribution in [1.29, 1.82) is 0 Å². The van der Waals surface area contributed by atoms with E-state index < -0.39 is 0 Å². The lowest BCUT2D eigenvalue weighted by Gasteiger charge is -2.06. The minimum absolute atomic E-state index is 0.537. The molecule has 124 valence electrons. The highest BCUT2D eigenvalue weighted by Gasteiger charge is 1.99. The molecule has 0 unspecified atom stereocenters. The number of ether oxygens (including phenoxy) is 1. The Hall–Kier alpha value is -0.720. The summed E-state index contributed by atoms with van der Waals surface area (Å²) in [6, 6.07) is 8.32. The maximum Gasteiger partial charge on any atom is 0.188 e. The van der Waals surface area contributed by atoms with Crippen molar-refractivity contribution >= 4 is 33.7 Å². The number of rotatable bonds is 11. The zero-order valence-corrected chi connectivity index (χ0v) is 15.6. The van der Waals surface area contributed by atoms with Gasteiger partial charge in [-0.15, -0.1) is 11.8 Å². The third-order valence-corrected chi connectivity index (χ3v) is 5.02. The van der Waals surface area contributed by atoms with Gasteiger partial charge in [0.1, 0.15) is 0 Å². The van der Waals surface area contributed by atoms with Crippen molar-refractivity contribution < 1.29 is 4.74 Å². The Morgan fingerprint density at radius 2 is 2.14 bits per heavy atom. The van der Waals surface area contributed by atoms with Crippen LogP contribution in [0.25, 0.3) is 0 Å². The van der Waals surface area contributed by atoms with E-state index in [9.17, 15) is 0 Å². The summed E-state index contributed by atoms with van der Waals surface area (Å²) in [5.74, 6) is 1.64. The van der Waals surface area contributed by atoms with Gasteiger partial charge in [0.2, 0.25) is 0 Å². The van der Waals surface area contributed by atoms with Crippen molar-refractivity contribution in [3.05, 3.63) is 28.7 Å². The molecule has 22 heavy (non-hydrogen) atoms. The summed E-state index contributed by atoms with van der Waals surface area (Å²) in [4.78, 5) is 5.56. The van der Waals surface area contributed by atoms with E-state index in [1.54, 1.807) is 0 Å². The van der Waals surface area contributed by atoms with Crippen LogP contribution in [0.3, 0.4) is 0 Å². The number of benzene rings is 1. The van der Waals surface area contributed by atoms with Gasteiger partial charge in [-0.3, -0.25) is 4.99 Å². The highest BCUT2D eigenvalue weighted by Crippen LogP contribution is 2.27. The van der Waals surface area contributed by atoms with Gasteiger partial charge in [-0.2, -0.15) is 0 Å². The number of hydrogen-bond acceptors (Lipinski definition) is 3. The van der Waals surface area contributed by atoms with Gasteiger partial charge in [0.15, 0.2) is 5.96 Å². The van der Waals surface area contributed by atoms with E-state index >= 15 is 0 Å². The smallest absolute Gasteiger partial charge is 0.188 e. The van der Waals surface area contributed by atoms with Gasteiger partial charge < -0.3 is 15.8 Å². The van der Waals surface area contributed by atoms with Crippen molar-refractivity contribution in [3.8, 4) is 0 Å². The van der Waals surface area contributed by atoms with Crippen molar-refractivity contribution in [1.82, 2.24) is 5.32 Å². The Balaban J connectivity index is 2.00. The first kappa shape index (κ1) is 19.3. The number of halogens is 1. The van der Waals surface area contributed by atoms with E-state index in [1.807, 2.05) is 24.8 Å². The first-order valence-corrected chi connectivity index (χ1v) is 9.50. The topological polar surface area (TPSA) is 59.6 Å². The third kappa shape index (κ3) is 9.33. The second-order valence-corrected chi connectivity index (χ2v) is 6.72. The Bertz CT molecular complexity index is 443. The molecule has 0 heterocycles. The molecule has 1 rings (SSSR count). The molecule has 0 atom stereocenters. The lowest BCUT2D eigenvalue weighted by molar-refractivity contribution is 0.146. The highest BCUT2D eigenvalue weighted by molar-refractivity contribution is 9.10. The minimum atomic E-state index is 0.537. The second kappa shape index (κ2) is 12.8. The molecule has 0 radical (unpaired) electrons. The molecule has 0 saturated heterocycles. The summed E-state index contributed by atoms with van der Waals surface area (Å²) in [6.07, 6.45) is 3.15. The normalized spacial score (nSPS) is 11.6. The molecule has 6 heteroatoms. The van der Waals surface area contributed by atoms with Crippen molar-refractivity contribution in [2.24, 2.45) is 10.7 Å². The summed E-state index contributed by atoms with van der Waals surface area (Å²) in [7, 11) is 0. The van der Waals surface area contributed by atoms with Crippen LogP contribution < -0.4 is 11.1 Å². The molecule has 1 aromatic carbocycles. The molecule has 1 aromatic rings. The summed E-state index contributed by atoms with van der Waals surface area (Å²) >= 11 is 5.44. The van der Waals surface area contributed by atoms with E-state index in [0.29, 0.717) is 5.96 Å². The molecule has 0 aliphatic heterocycles. The van der Waals surface area contributed by atoms with E-state index in [-0.39, 0.29) is 0 Å². The van der Waals surface area contributed by atoms with Gasteiger partial charge in [0.05, 0.1) is 0 Å². The van der Waals surface area contributed by atoms with Crippen LogP contribution in [-0.4, -0.2) is 38.0 Å². The Morgan fingerprint density at radius 1 is 1.32 bits per heavy atom. The number of unbranched alkanes of at least 4 members (excludes halogenated alkanes) is 1. The number of nitrogens with two attached hydrogens (primary N) is 1. The lowest BCUT2D eigenvalue weighted by atomic mass is 10.3. The molecule has 0 aliphatic carbocycles. The van der Waals surface area contributed by atoms with Gasteiger partial charge in [0.25, 0.3) is 0 Å². The minimum Gasteiger partial charge on any atom is -0.382 e. The quantitative estimate of drug-likeness (QED) is 0.263. The number of nitrogens with one attached hydrogen (secondary N) is 1. The van der Waals surface area contributed by atoms with Crippen LogP contribution in [0, 0.1) is 0 Å². The van der Waals surface area contributed by atoms with Gasteiger partial charge >= 0.3 is 0 Å². The number of thioether (sulfide) groups is 1. The maximum absolute atomic E-state index is 5.80. The first-order valence-electron chi connectivity index (χ1n) is 7.73. The van der Waals surface area contributed by atoms with E-state index in [1.165, 1.54) is 9.37 Å². The average Bonchev–Trinajstić information content (AvgIpc) is 2.52. The molecule has 0 bridgehead atoms. The number of aliphatic imine (C=N–C) groups is 1. The van der Waals surface area contributed by atoms with Crippen LogP contribution in [0.4, 0.5) is 0 Å². The molecule has 0 aliphatic rings. The monoisotopic (exact) mass is 387 g/mol. The Kier molecular flexibility index (Phi) is 11.2. The van der Waals surface area contributed by atoms with Crippen molar-refractivity contribution in [2.45, 2.75) is 31.1 Å². The first-order chi connectivity index (χ1) is 10.7. The fraction of sp³-hybridized carbons (Fsp3) is 0.562. The summed E-state index contributed by atoms with van der Waals surface area (Å²) in [5.41, 5.74) is 5.80. The van der Waals surface area contributed by atoms with Gasteiger partial charge in [0, 0.05) is 35.7 Å². The zero-order chi connectivity index (χ0) is 16.0. The van der Waals surface area contributed by atoms with E-state index in [4.69, 9.17) is 10.5 Å². The molecule has 4 nitrogen and oxygen atoms in total. The summed E-state index contributed by atoms with van der Waals surface area (Å²) in [5, 5.41) is 3.15. The molecule has 0 saturated carbocycles. The van der Waals surface area contributed by atoms with Gasteiger partial charge in [-0.05, 0) is 60.0 Å². The number of nitrogens with zero attached hydrogens (tertiary/aromatic N) is 1. The van der Waals surface area contributed by atoms with Crippen molar-refractivity contribution in [3.63, 3.8) is 0 Å². The van der Waals surface area contributed by atoms with Crippen LogP contribution in [0.15, 0.2) is 38.6 Å². The van der Waals surface area contributed by atoms with Gasteiger partial charge in [-0.25, -0.2) is 0 Å². The Labute approximate surface area is 146 Å². The van der Waals surface area contributed by atoms with Crippen LogP contribution in [0.2, 0.25) is 0 Å². The number of guanidine groups is 1. The maximum atomic E-state index is 5.80. The summed E-state index contributed by atoms with van der Waals surface area (Å²) < 4.78 is 6.42. The van der Waals surface area contributed by atoms with Gasteiger partial charge in [-0.1, -0.05) is 12.1 Å². The average molecular weight is 388 g/mol. The molecule has 0 amide bonds. The number of hydrogen-bond donors (Lipinski definition) is 2. The van der Waals surface area contributed by atoms with E-state index in [0.717, 1.165) is 51.3 Å². The molecule has 0 spiro atoms. The zero-order valence-electron chi connectivity index (χ0n) is 13.2. The molecule has 3 N–H and O–H groups in total. The van der Waals surface area contributed by atoms with Crippen molar-refractivity contribution in [2.75, 3.05) is 32.1 Å². The van der Waals surface area contributed by atoms with Crippen LogP contribution >= 0.6 is 27.7 Å². The van der Waals surface area contributed by atoms with E-state index in [2.05, 4.69) is 44.4 Å². The molecular formula is C16H26BrN3OS. The molecule has 0 aromatic heterocycles. The fourth-order valence-electron chi connectivity index (χ4n) is 1.75. The predicted molar refractivity (Wildman–Crippen MR) is 99.7 cm³/mol. The fourth-order valence-corrected chi connectivity index (χ4v) is 3.33. The molecule has 0 fully saturated rings. The largest absolute Gasteiger partial charge is 0.382 e. The Morgan fingerprint density at radius 3 is 2.91 bits per heavy atom. The predicted octanol–water partition coefficient (Wildman–Crippen LogP) is 3.65. The second-order valence-electron chi connectivity index (χ2n) is 4.73.